The Kier molecular flexibility index (Phi) is 6.49. The summed E-state index contributed by atoms with van der Waals surface area (Å²) in [5.41, 5.74) is 0.507. The number of carboxylic acid groups (broad SMARTS) is 1. The Labute approximate surface area is 120 Å². The minimum Gasteiger partial charge on any atom is -0.481 e. The number of carboxylic acids is 1. The van der Waals surface area contributed by atoms with Crippen LogP contribution in [0.25, 0.3) is 0 Å². The molecule has 6 heteroatoms. The number of carbonyl (C=O) groups is 2. The number of aromatic nitrogens is 1. The summed E-state index contributed by atoms with van der Waals surface area (Å²) < 4.78 is 0.759. The van der Waals surface area contributed by atoms with Gasteiger partial charge in [0, 0.05) is 29.8 Å². The number of carbonyl (C=O) groups excluding carboxylic acids is 1. The van der Waals surface area contributed by atoms with Crippen LogP contribution >= 0.6 is 15.9 Å². The summed E-state index contributed by atoms with van der Waals surface area (Å²) >= 11 is 3.26. The zero-order valence-electron chi connectivity index (χ0n) is 10.7. The van der Waals surface area contributed by atoms with Crippen molar-refractivity contribution in [1.82, 2.24) is 10.3 Å². The zero-order chi connectivity index (χ0) is 14.3. The molecule has 0 aromatic carbocycles. The van der Waals surface area contributed by atoms with Gasteiger partial charge in [-0.1, -0.05) is 6.92 Å². The average Bonchev–Trinajstić information content (AvgIpc) is 2.36. The van der Waals surface area contributed by atoms with E-state index in [-0.39, 0.29) is 18.2 Å². The maximum atomic E-state index is 11.8. The van der Waals surface area contributed by atoms with Gasteiger partial charge >= 0.3 is 5.97 Å². The van der Waals surface area contributed by atoms with Crippen LogP contribution in [-0.4, -0.2) is 28.5 Å². The molecule has 0 saturated carbocycles. The molecule has 0 aliphatic heterocycles. The molecule has 0 aliphatic rings. The summed E-state index contributed by atoms with van der Waals surface area (Å²) in [6, 6.07) is 1.70. The molecule has 0 bridgehead atoms. The monoisotopic (exact) mass is 328 g/mol. The highest BCUT2D eigenvalue weighted by molar-refractivity contribution is 9.10. The van der Waals surface area contributed by atoms with E-state index in [4.69, 9.17) is 5.11 Å². The Morgan fingerprint density at radius 2 is 2.16 bits per heavy atom. The first-order valence-corrected chi connectivity index (χ1v) is 6.89. The van der Waals surface area contributed by atoms with Gasteiger partial charge in [0.05, 0.1) is 5.56 Å². The first-order chi connectivity index (χ1) is 8.99. The molecule has 1 heterocycles. The SMILES string of the molecule is CC(CCNC(=O)c1cncc(Br)c1)CCC(=O)O. The molecule has 0 saturated heterocycles. The second-order valence-corrected chi connectivity index (χ2v) is 5.39. The Morgan fingerprint density at radius 3 is 2.79 bits per heavy atom. The Hall–Kier alpha value is -1.43. The van der Waals surface area contributed by atoms with E-state index in [0.29, 0.717) is 18.5 Å². The third-order valence-corrected chi connectivity index (χ3v) is 3.17. The van der Waals surface area contributed by atoms with Crippen molar-refractivity contribution >= 4 is 27.8 Å². The molecule has 0 radical (unpaired) electrons. The maximum Gasteiger partial charge on any atom is 0.303 e. The average molecular weight is 329 g/mol. The van der Waals surface area contributed by atoms with Gasteiger partial charge < -0.3 is 10.4 Å². The molecular formula is C13H17BrN2O3. The van der Waals surface area contributed by atoms with Gasteiger partial charge in [-0.3, -0.25) is 14.6 Å². The van der Waals surface area contributed by atoms with Gasteiger partial charge in [-0.2, -0.15) is 0 Å². The van der Waals surface area contributed by atoms with Crippen LogP contribution in [0.3, 0.4) is 0 Å². The number of hydrogen-bond acceptors (Lipinski definition) is 3. The van der Waals surface area contributed by atoms with Crippen LogP contribution in [-0.2, 0) is 4.79 Å². The molecular weight excluding hydrogens is 312 g/mol. The fourth-order valence-electron chi connectivity index (χ4n) is 1.58. The highest BCUT2D eigenvalue weighted by atomic mass is 79.9. The summed E-state index contributed by atoms with van der Waals surface area (Å²) in [6.07, 6.45) is 4.69. The van der Waals surface area contributed by atoms with Crippen molar-refractivity contribution in [2.24, 2.45) is 5.92 Å². The molecule has 0 fully saturated rings. The molecule has 1 aromatic rings. The van der Waals surface area contributed by atoms with E-state index in [0.717, 1.165) is 10.9 Å². The normalized spacial score (nSPS) is 11.9. The van der Waals surface area contributed by atoms with Crippen LogP contribution in [0.15, 0.2) is 22.9 Å². The van der Waals surface area contributed by atoms with E-state index in [1.54, 1.807) is 12.3 Å². The Balaban J connectivity index is 2.29. The molecule has 5 nitrogen and oxygen atoms in total. The number of pyridine rings is 1. The number of nitrogens with one attached hydrogen (secondary N) is 1. The van der Waals surface area contributed by atoms with Gasteiger partial charge in [0.2, 0.25) is 0 Å². The molecule has 2 N–H and O–H groups in total. The lowest BCUT2D eigenvalue weighted by atomic mass is 10.0. The molecule has 1 amide bonds. The highest BCUT2D eigenvalue weighted by Gasteiger charge is 2.08. The minimum atomic E-state index is -0.781. The molecule has 1 aromatic heterocycles. The van der Waals surface area contributed by atoms with Gasteiger partial charge in [-0.25, -0.2) is 0 Å². The van der Waals surface area contributed by atoms with E-state index in [1.165, 1.54) is 6.20 Å². The van der Waals surface area contributed by atoms with Crippen molar-refractivity contribution in [3.8, 4) is 0 Å². The number of hydrogen-bond donors (Lipinski definition) is 2. The lowest BCUT2D eigenvalue weighted by Gasteiger charge is -2.10. The molecule has 1 atom stereocenters. The zero-order valence-corrected chi connectivity index (χ0v) is 12.3. The summed E-state index contributed by atoms with van der Waals surface area (Å²) in [6.45, 7) is 2.52. The summed E-state index contributed by atoms with van der Waals surface area (Å²) in [5.74, 6) is -0.674. The van der Waals surface area contributed by atoms with Crippen LogP contribution in [0.4, 0.5) is 0 Å². The third-order valence-electron chi connectivity index (χ3n) is 2.74. The van der Waals surface area contributed by atoms with Crippen molar-refractivity contribution in [3.63, 3.8) is 0 Å². The predicted molar refractivity (Wildman–Crippen MR) is 74.9 cm³/mol. The number of nitrogens with zero attached hydrogens (tertiary/aromatic N) is 1. The van der Waals surface area contributed by atoms with Gasteiger partial charge in [0.15, 0.2) is 0 Å². The van der Waals surface area contributed by atoms with Crippen molar-refractivity contribution in [2.45, 2.75) is 26.2 Å². The van der Waals surface area contributed by atoms with Gasteiger partial charge in [0.1, 0.15) is 0 Å². The van der Waals surface area contributed by atoms with E-state index < -0.39 is 5.97 Å². The third kappa shape index (κ3) is 6.33. The Bertz CT molecular complexity index is 451. The molecule has 1 rings (SSSR count). The molecule has 0 spiro atoms. The van der Waals surface area contributed by atoms with E-state index >= 15 is 0 Å². The van der Waals surface area contributed by atoms with Crippen LogP contribution in [0.5, 0.6) is 0 Å². The van der Waals surface area contributed by atoms with Gasteiger partial charge in [-0.15, -0.1) is 0 Å². The summed E-state index contributed by atoms with van der Waals surface area (Å²) in [4.78, 5) is 26.1. The largest absolute Gasteiger partial charge is 0.481 e. The number of rotatable bonds is 7. The van der Waals surface area contributed by atoms with E-state index in [2.05, 4.69) is 26.2 Å². The van der Waals surface area contributed by atoms with Crippen molar-refractivity contribution < 1.29 is 14.7 Å². The standard InChI is InChI=1S/C13H17BrN2O3/c1-9(2-3-12(17)18)4-5-16-13(19)10-6-11(14)8-15-7-10/h6-9H,2-5H2,1H3,(H,16,19)(H,17,18). The molecule has 19 heavy (non-hydrogen) atoms. The van der Waals surface area contributed by atoms with Crippen molar-refractivity contribution in [1.29, 1.82) is 0 Å². The smallest absolute Gasteiger partial charge is 0.303 e. The molecule has 0 aliphatic carbocycles. The highest BCUT2D eigenvalue weighted by Crippen LogP contribution is 2.11. The minimum absolute atomic E-state index is 0.167. The number of amides is 1. The van der Waals surface area contributed by atoms with Crippen LogP contribution in [0, 0.1) is 5.92 Å². The topological polar surface area (TPSA) is 79.3 Å². The quantitative estimate of drug-likeness (QED) is 0.805. The van der Waals surface area contributed by atoms with Crippen LogP contribution < -0.4 is 5.32 Å². The second kappa shape index (κ2) is 7.89. The van der Waals surface area contributed by atoms with E-state index in [1.807, 2.05) is 6.92 Å². The molecule has 1 unspecified atom stereocenters. The van der Waals surface area contributed by atoms with Gasteiger partial charge in [0.25, 0.3) is 5.91 Å². The van der Waals surface area contributed by atoms with E-state index in [9.17, 15) is 9.59 Å². The fourth-order valence-corrected chi connectivity index (χ4v) is 1.95. The van der Waals surface area contributed by atoms with Crippen molar-refractivity contribution in [2.75, 3.05) is 6.54 Å². The first kappa shape index (κ1) is 15.6. The molecule has 104 valence electrons. The second-order valence-electron chi connectivity index (χ2n) is 4.47. The lowest BCUT2D eigenvalue weighted by Crippen LogP contribution is -2.25. The fraction of sp³-hybridized carbons (Fsp3) is 0.462. The first-order valence-electron chi connectivity index (χ1n) is 6.09. The predicted octanol–water partition coefficient (Wildman–Crippen LogP) is 2.46. The summed E-state index contributed by atoms with van der Waals surface area (Å²) in [5, 5.41) is 11.4. The van der Waals surface area contributed by atoms with Crippen LogP contribution in [0.2, 0.25) is 0 Å². The lowest BCUT2D eigenvalue weighted by molar-refractivity contribution is -0.137. The van der Waals surface area contributed by atoms with Crippen LogP contribution in [0.1, 0.15) is 36.5 Å². The maximum absolute atomic E-state index is 11.8. The van der Waals surface area contributed by atoms with Crippen molar-refractivity contribution in [3.05, 3.63) is 28.5 Å². The number of halogens is 1. The van der Waals surface area contributed by atoms with Gasteiger partial charge in [-0.05, 0) is 40.8 Å². The Morgan fingerprint density at radius 1 is 1.42 bits per heavy atom. The number of aliphatic carboxylic acids is 1. The summed E-state index contributed by atoms with van der Waals surface area (Å²) in [7, 11) is 0.